The highest BCUT2D eigenvalue weighted by Gasteiger charge is 2.09. The Morgan fingerprint density at radius 2 is 1.92 bits per heavy atom. The maximum atomic E-state index is 11.9. The van der Waals surface area contributed by atoms with E-state index in [1.54, 1.807) is 12.1 Å². The zero-order chi connectivity index (χ0) is 17.5. The van der Waals surface area contributed by atoms with Gasteiger partial charge in [0, 0.05) is 5.56 Å². The van der Waals surface area contributed by atoms with Gasteiger partial charge in [0.1, 0.15) is 5.75 Å². The first-order valence-corrected chi connectivity index (χ1v) is 7.55. The molecule has 0 aromatic heterocycles. The van der Waals surface area contributed by atoms with Crippen molar-refractivity contribution in [2.45, 2.75) is 0 Å². The molecule has 2 aromatic carbocycles. The first kappa shape index (κ1) is 17.8. The van der Waals surface area contributed by atoms with E-state index < -0.39 is 11.8 Å². The van der Waals surface area contributed by atoms with Crippen molar-refractivity contribution in [2.75, 3.05) is 6.54 Å². The zero-order valence-corrected chi connectivity index (χ0v) is 13.8. The summed E-state index contributed by atoms with van der Waals surface area (Å²) in [7, 11) is 0. The van der Waals surface area contributed by atoms with Gasteiger partial charge in [-0.25, -0.2) is 5.43 Å². The molecular weight excluding hydrogens is 353 g/mol. The summed E-state index contributed by atoms with van der Waals surface area (Å²) in [5, 5.41) is 16.1. The van der Waals surface area contributed by atoms with Crippen LogP contribution >= 0.6 is 23.2 Å². The van der Waals surface area contributed by atoms with Gasteiger partial charge in [-0.3, -0.25) is 9.59 Å². The summed E-state index contributed by atoms with van der Waals surface area (Å²) in [5.41, 5.74) is 3.18. The first-order chi connectivity index (χ1) is 11.5. The number of carbonyl (C=O) groups excluding carboxylic acids is 2. The van der Waals surface area contributed by atoms with Crippen LogP contribution in [0.4, 0.5) is 0 Å². The first-order valence-electron chi connectivity index (χ1n) is 6.80. The Kier molecular flexibility index (Phi) is 6.17. The Morgan fingerprint density at radius 1 is 1.12 bits per heavy atom. The van der Waals surface area contributed by atoms with E-state index in [0.29, 0.717) is 16.1 Å². The Morgan fingerprint density at radius 3 is 2.62 bits per heavy atom. The minimum absolute atomic E-state index is 0.0964. The number of nitrogens with zero attached hydrogens (tertiary/aromatic N) is 1. The molecule has 124 valence electrons. The summed E-state index contributed by atoms with van der Waals surface area (Å²) < 4.78 is 0. The Labute approximate surface area is 148 Å². The molecule has 8 heteroatoms. The number of amides is 2. The highest BCUT2D eigenvalue weighted by molar-refractivity contribution is 6.42. The van der Waals surface area contributed by atoms with Gasteiger partial charge in [-0.15, -0.1) is 0 Å². The SMILES string of the molecule is O=C(CNC(=O)c1ccc(Cl)c(Cl)c1)N/N=C/c1cccc(O)c1. The zero-order valence-electron chi connectivity index (χ0n) is 12.3. The fraction of sp³-hybridized carbons (Fsp3) is 0.0625. The van der Waals surface area contributed by atoms with Gasteiger partial charge in [-0.05, 0) is 35.9 Å². The topological polar surface area (TPSA) is 90.8 Å². The van der Waals surface area contributed by atoms with Gasteiger partial charge < -0.3 is 10.4 Å². The van der Waals surface area contributed by atoms with Crippen LogP contribution < -0.4 is 10.7 Å². The number of halogens is 2. The van der Waals surface area contributed by atoms with E-state index in [4.69, 9.17) is 23.2 Å². The van der Waals surface area contributed by atoms with E-state index in [1.807, 2.05) is 0 Å². The predicted molar refractivity (Wildman–Crippen MR) is 92.6 cm³/mol. The molecule has 0 bridgehead atoms. The number of phenolic OH excluding ortho intramolecular Hbond substituents is 1. The molecule has 6 nitrogen and oxygen atoms in total. The van der Waals surface area contributed by atoms with Gasteiger partial charge >= 0.3 is 0 Å². The van der Waals surface area contributed by atoms with Gasteiger partial charge in [-0.1, -0.05) is 35.3 Å². The molecule has 0 heterocycles. The molecule has 0 aliphatic rings. The van der Waals surface area contributed by atoms with Gasteiger partial charge in [0.25, 0.3) is 11.8 Å². The Bertz CT molecular complexity index is 794. The average molecular weight is 366 g/mol. The lowest BCUT2D eigenvalue weighted by Crippen LogP contribution is -2.34. The molecule has 0 atom stereocenters. The number of carbonyl (C=O) groups is 2. The van der Waals surface area contributed by atoms with E-state index in [0.717, 1.165) is 0 Å². The molecule has 24 heavy (non-hydrogen) atoms. The number of hydrogen-bond donors (Lipinski definition) is 3. The number of nitrogens with one attached hydrogen (secondary N) is 2. The van der Waals surface area contributed by atoms with Gasteiger partial charge in [0.15, 0.2) is 0 Å². The smallest absolute Gasteiger partial charge is 0.259 e. The van der Waals surface area contributed by atoms with E-state index in [2.05, 4.69) is 15.8 Å². The second-order valence-electron chi connectivity index (χ2n) is 4.70. The fourth-order valence-electron chi connectivity index (χ4n) is 1.72. The van der Waals surface area contributed by atoms with E-state index in [1.165, 1.54) is 36.5 Å². The number of benzene rings is 2. The minimum atomic E-state index is -0.500. The van der Waals surface area contributed by atoms with E-state index in [9.17, 15) is 14.7 Å². The number of hydrogen-bond acceptors (Lipinski definition) is 4. The standard InChI is InChI=1S/C16H13Cl2N3O3/c17-13-5-4-11(7-14(13)18)16(24)19-9-15(23)21-20-8-10-2-1-3-12(22)6-10/h1-8,22H,9H2,(H,19,24)(H,21,23)/b20-8+. The normalized spacial score (nSPS) is 10.6. The lowest BCUT2D eigenvalue weighted by molar-refractivity contribution is -0.120. The van der Waals surface area contributed by atoms with Crippen LogP contribution in [0.5, 0.6) is 5.75 Å². The summed E-state index contributed by atoms with van der Waals surface area (Å²) in [6.07, 6.45) is 1.37. The van der Waals surface area contributed by atoms with Crippen molar-refractivity contribution in [2.24, 2.45) is 5.10 Å². The number of phenols is 1. The van der Waals surface area contributed by atoms with Gasteiger partial charge in [-0.2, -0.15) is 5.10 Å². The van der Waals surface area contributed by atoms with Crippen LogP contribution in [0.15, 0.2) is 47.6 Å². The van der Waals surface area contributed by atoms with Crippen LogP contribution in [-0.2, 0) is 4.79 Å². The van der Waals surface area contributed by atoms with Crippen LogP contribution in [0.1, 0.15) is 15.9 Å². The predicted octanol–water partition coefficient (Wildman–Crippen LogP) is 2.58. The van der Waals surface area contributed by atoms with Crippen molar-refractivity contribution in [3.8, 4) is 5.75 Å². The van der Waals surface area contributed by atoms with Crippen LogP contribution in [0.2, 0.25) is 10.0 Å². The third-order valence-corrected chi connectivity index (χ3v) is 3.60. The van der Waals surface area contributed by atoms with Crippen LogP contribution in [0.25, 0.3) is 0 Å². The van der Waals surface area contributed by atoms with Crippen molar-refractivity contribution in [1.82, 2.24) is 10.7 Å². The van der Waals surface area contributed by atoms with E-state index in [-0.39, 0.29) is 17.3 Å². The number of hydrazone groups is 1. The van der Waals surface area contributed by atoms with E-state index >= 15 is 0 Å². The Hall–Kier alpha value is -2.57. The summed E-state index contributed by atoms with van der Waals surface area (Å²) in [6.45, 7) is -0.254. The maximum absolute atomic E-state index is 11.9. The monoisotopic (exact) mass is 365 g/mol. The molecule has 0 radical (unpaired) electrons. The number of rotatable bonds is 5. The molecule has 0 aliphatic carbocycles. The molecule has 2 amide bonds. The molecule has 0 unspecified atom stereocenters. The lowest BCUT2D eigenvalue weighted by atomic mass is 10.2. The second-order valence-corrected chi connectivity index (χ2v) is 5.51. The summed E-state index contributed by atoms with van der Waals surface area (Å²) in [5.74, 6) is -0.861. The number of aromatic hydroxyl groups is 1. The van der Waals surface area contributed by atoms with Crippen molar-refractivity contribution < 1.29 is 14.7 Å². The average Bonchev–Trinajstić information content (AvgIpc) is 2.55. The molecule has 0 saturated heterocycles. The second kappa shape index (κ2) is 8.33. The molecule has 2 rings (SSSR count). The Balaban J connectivity index is 1.82. The fourth-order valence-corrected chi connectivity index (χ4v) is 2.02. The van der Waals surface area contributed by atoms with Crippen molar-refractivity contribution in [3.63, 3.8) is 0 Å². The molecule has 0 fully saturated rings. The highest BCUT2D eigenvalue weighted by atomic mass is 35.5. The van der Waals surface area contributed by atoms with Gasteiger partial charge in [0.2, 0.25) is 0 Å². The largest absolute Gasteiger partial charge is 0.508 e. The van der Waals surface area contributed by atoms with Gasteiger partial charge in [0.05, 0.1) is 22.8 Å². The molecule has 0 aliphatic heterocycles. The molecule has 0 saturated carbocycles. The van der Waals surface area contributed by atoms with Crippen molar-refractivity contribution >= 4 is 41.2 Å². The summed E-state index contributed by atoms with van der Waals surface area (Å²) in [4.78, 5) is 23.5. The van der Waals surface area contributed by atoms with Crippen molar-refractivity contribution in [3.05, 3.63) is 63.6 Å². The third kappa shape index (κ3) is 5.26. The maximum Gasteiger partial charge on any atom is 0.259 e. The van der Waals surface area contributed by atoms with Crippen LogP contribution in [0.3, 0.4) is 0 Å². The molecular formula is C16H13Cl2N3O3. The lowest BCUT2D eigenvalue weighted by Gasteiger charge is -2.05. The molecule has 0 spiro atoms. The van der Waals surface area contributed by atoms with Crippen LogP contribution in [-0.4, -0.2) is 29.7 Å². The third-order valence-electron chi connectivity index (χ3n) is 2.86. The molecule has 3 N–H and O–H groups in total. The quantitative estimate of drug-likeness (QED) is 0.561. The summed E-state index contributed by atoms with van der Waals surface area (Å²) in [6, 6.07) is 10.8. The summed E-state index contributed by atoms with van der Waals surface area (Å²) >= 11 is 11.6. The van der Waals surface area contributed by atoms with Crippen LogP contribution in [0, 0.1) is 0 Å². The molecule has 2 aromatic rings. The van der Waals surface area contributed by atoms with Crippen molar-refractivity contribution in [1.29, 1.82) is 0 Å². The minimum Gasteiger partial charge on any atom is -0.508 e. The highest BCUT2D eigenvalue weighted by Crippen LogP contribution is 2.22.